The lowest BCUT2D eigenvalue weighted by molar-refractivity contribution is -0.123. The van der Waals surface area contributed by atoms with Gasteiger partial charge in [0, 0.05) is 0 Å². The van der Waals surface area contributed by atoms with Crippen LogP contribution < -0.4 is 0 Å². The molecule has 44 valence electrons. The first-order valence-corrected chi connectivity index (χ1v) is 2.30. The Kier molecular flexibility index (Phi) is 2.77. The number of rotatable bonds is 3. The summed E-state index contributed by atoms with van der Waals surface area (Å²) in [5.41, 5.74) is 0. The third-order valence-electron chi connectivity index (χ3n) is 0.870. The largest absolute Gasteiger partial charge is 0.302 e. The fourth-order valence-electron chi connectivity index (χ4n) is 0.317. The van der Waals surface area contributed by atoms with Crippen LogP contribution in [0.1, 0.15) is 6.92 Å². The van der Waals surface area contributed by atoms with Crippen LogP contribution in [0.3, 0.4) is 0 Å². The minimum absolute atomic E-state index is 0.157. The van der Waals surface area contributed by atoms with Crippen molar-refractivity contribution in [1.29, 1.82) is 0 Å². The molecule has 1 unspecified atom stereocenters. The molecular formula is C6H8O2. The first-order valence-electron chi connectivity index (χ1n) is 2.30. The Morgan fingerprint density at radius 2 is 2.25 bits per heavy atom. The smallest absolute Gasteiger partial charge is 0.143 e. The van der Waals surface area contributed by atoms with E-state index in [1.807, 2.05) is 0 Å². The van der Waals surface area contributed by atoms with E-state index in [-0.39, 0.29) is 5.78 Å². The first-order chi connectivity index (χ1) is 3.72. The second kappa shape index (κ2) is 3.13. The maximum atomic E-state index is 10.3. The van der Waals surface area contributed by atoms with E-state index >= 15 is 0 Å². The molecular weight excluding hydrogens is 104 g/mol. The molecule has 0 amide bonds. The lowest BCUT2D eigenvalue weighted by atomic mass is 10.1. The van der Waals surface area contributed by atoms with Crippen LogP contribution in [0.5, 0.6) is 0 Å². The van der Waals surface area contributed by atoms with Crippen LogP contribution in [-0.4, -0.2) is 12.1 Å². The van der Waals surface area contributed by atoms with Crippen LogP contribution >= 0.6 is 0 Å². The Bertz CT molecular complexity index is 108. The molecule has 0 spiro atoms. The standard InChI is InChI=1S/C6H8O2/c1-3-6(4-7)5(2)8/h3-4,6H,1H2,2H3. The summed E-state index contributed by atoms with van der Waals surface area (Å²) in [6.45, 7) is 4.66. The topological polar surface area (TPSA) is 34.1 Å². The summed E-state index contributed by atoms with van der Waals surface area (Å²) in [4.78, 5) is 20.2. The SMILES string of the molecule is C=CC(C=O)C(C)=O. The van der Waals surface area contributed by atoms with Gasteiger partial charge in [0.2, 0.25) is 0 Å². The van der Waals surface area contributed by atoms with Gasteiger partial charge in [0.05, 0.1) is 5.92 Å². The predicted octanol–water partition coefficient (Wildman–Crippen LogP) is 0.577. The van der Waals surface area contributed by atoms with Gasteiger partial charge >= 0.3 is 0 Å². The number of ketones is 1. The Balaban J connectivity index is 3.88. The van der Waals surface area contributed by atoms with Gasteiger partial charge in [0.15, 0.2) is 0 Å². The van der Waals surface area contributed by atoms with Crippen molar-refractivity contribution in [2.45, 2.75) is 6.92 Å². The Labute approximate surface area is 48.2 Å². The average Bonchev–Trinajstić information content (AvgIpc) is 1.69. The van der Waals surface area contributed by atoms with Gasteiger partial charge in [-0.15, -0.1) is 6.58 Å². The zero-order chi connectivity index (χ0) is 6.57. The van der Waals surface area contributed by atoms with Crippen LogP contribution in [0, 0.1) is 5.92 Å². The van der Waals surface area contributed by atoms with Crippen molar-refractivity contribution in [1.82, 2.24) is 0 Å². The Morgan fingerprint density at radius 1 is 1.75 bits per heavy atom. The van der Waals surface area contributed by atoms with Crippen molar-refractivity contribution in [2.24, 2.45) is 5.92 Å². The zero-order valence-corrected chi connectivity index (χ0v) is 4.76. The number of hydrogen-bond donors (Lipinski definition) is 0. The molecule has 0 N–H and O–H groups in total. The Hall–Kier alpha value is -0.920. The lowest BCUT2D eigenvalue weighted by Crippen LogP contribution is -2.07. The molecule has 0 aromatic carbocycles. The maximum absolute atomic E-state index is 10.3. The van der Waals surface area contributed by atoms with Crippen molar-refractivity contribution in [3.05, 3.63) is 12.7 Å². The first kappa shape index (κ1) is 7.08. The van der Waals surface area contributed by atoms with Gasteiger partial charge < -0.3 is 4.79 Å². The van der Waals surface area contributed by atoms with Gasteiger partial charge in [0.1, 0.15) is 12.1 Å². The molecule has 0 saturated heterocycles. The van der Waals surface area contributed by atoms with Crippen LogP contribution in [0.15, 0.2) is 12.7 Å². The van der Waals surface area contributed by atoms with Crippen LogP contribution in [0.25, 0.3) is 0 Å². The van der Waals surface area contributed by atoms with E-state index < -0.39 is 5.92 Å². The van der Waals surface area contributed by atoms with Gasteiger partial charge in [-0.3, -0.25) is 4.79 Å². The fraction of sp³-hybridized carbons (Fsp3) is 0.333. The minimum Gasteiger partial charge on any atom is -0.302 e. The molecule has 0 saturated carbocycles. The molecule has 2 heteroatoms. The van der Waals surface area contributed by atoms with Gasteiger partial charge in [-0.1, -0.05) is 6.08 Å². The highest BCUT2D eigenvalue weighted by molar-refractivity contribution is 5.93. The van der Waals surface area contributed by atoms with E-state index in [0.29, 0.717) is 6.29 Å². The average molecular weight is 112 g/mol. The molecule has 0 aliphatic heterocycles. The van der Waals surface area contributed by atoms with Gasteiger partial charge in [-0.05, 0) is 6.92 Å². The molecule has 8 heavy (non-hydrogen) atoms. The van der Waals surface area contributed by atoms with Crippen molar-refractivity contribution in [3.8, 4) is 0 Å². The molecule has 0 aromatic rings. The van der Waals surface area contributed by atoms with E-state index in [1.165, 1.54) is 13.0 Å². The summed E-state index contributed by atoms with van der Waals surface area (Å²) in [6, 6.07) is 0. The third-order valence-corrected chi connectivity index (χ3v) is 0.870. The monoisotopic (exact) mass is 112 g/mol. The van der Waals surface area contributed by atoms with Crippen LogP contribution in [0.4, 0.5) is 0 Å². The van der Waals surface area contributed by atoms with Crippen LogP contribution in [-0.2, 0) is 9.59 Å². The predicted molar refractivity (Wildman–Crippen MR) is 30.4 cm³/mol. The van der Waals surface area contributed by atoms with E-state index in [1.54, 1.807) is 0 Å². The molecule has 0 rings (SSSR count). The van der Waals surface area contributed by atoms with Crippen molar-refractivity contribution in [2.75, 3.05) is 0 Å². The van der Waals surface area contributed by atoms with Crippen LogP contribution in [0.2, 0.25) is 0 Å². The molecule has 0 heterocycles. The summed E-state index contributed by atoms with van der Waals surface area (Å²) in [5, 5.41) is 0. The molecule has 0 aliphatic carbocycles. The number of aldehydes is 1. The van der Waals surface area contributed by atoms with E-state index in [9.17, 15) is 9.59 Å². The highest BCUT2D eigenvalue weighted by atomic mass is 16.1. The summed E-state index contributed by atoms with van der Waals surface area (Å²) < 4.78 is 0. The maximum Gasteiger partial charge on any atom is 0.143 e. The summed E-state index contributed by atoms with van der Waals surface area (Å²) in [7, 11) is 0. The minimum atomic E-state index is -0.602. The Morgan fingerprint density at radius 3 is 2.25 bits per heavy atom. The van der Waals surface area contributed by atoms with Gasteiger partial charge in [0.25, 0.3) is 0 Å². The molecule has 1 atom stereocenters. The van der Waals surface area contributed by atoms with Gasteiger partial charge in [-0.2, -0.15) is 0 Å². The summed E-state index contributed by atoms with van der Waals surface area (Å²) >= 11 is 0. The molecule has 0 bridgehead atoms. The van der Waals surface area contributed by atoms with Crippen molar-refractivity contribution < 1.29 is 9.59 Å². The quantitative estimate of drug-likeness (QED) is 0.304. The highest BCUT2D eigenvalue weighted by Gasteiger charge is 2.05. The molecule has 0 aromatic heterocycles. The van der Waals surface area contributed by atoms with E-state index in [0.717, 1.165) is 0 Å². The highest BCUT2D eigenvalue weighted by Crippen LogP contribution is 1.92. The third kappa shape index (κ3) is 1.69. The molecule has 0 radical (unpaired) electrons. The van der Waals surface area contributed by atoms with Gasteiger partial charge in [-0.25, -0.2) is 0 Å². The number of carbonyl (C=O) groups excluding carboxylic acids is 2. The van der Waals surface area contributed by atoms with E-state index in [4.69, 9.17) is 0 Å². The molecule has 2 nitrogen and oxygen atoms in total. The summed E-state index contributed by atoms with van der Waals surface area (Å²) in [5.74, 6) is -0.759. The number of Topliss-reactive ketones (excluding diaryl/α,β-unsaturated/α-hetero) is 1. The second-order valence-electron chi connectivity index (χ2n) is 1.51. The number of allylic oxidation sites excluding steroid dienone is 1. The lowest BCUT2D eigenvalue weighted by Gasteiger charge is -1.92. The number of carbonyl (C=O) groups is 2. The van der Waals surface area contributed by atoms with E-state index in [2.05, 4.69) is 6.58 Å². The normalized spacial score (nSPS) is 12.1. The van der Waals surface area contributed by atoms with Crippen molar-refractivity contribution >= 4 is 12.1 Å². The second-order valence-corrected chi connectivity index (χ2v) is 1.51. The molecule has 0 aliphatic rings. The summed E-state index contributed by atoms with van der Waals surface area (Å²) in [6.07, 6.45) is 1.91. The van der Waals surface area contributed by atoms with Crippen molar-refractivity contribution in [3.63, 3.8) is 0 Å². The fourth-order valence-corrected chi connectivity index (χ4v) is 0.317. The zero-order valence-electron chi connectivity index (χ0n) is 4.76. The molecule has 0 fully saturated rings. The number of hydrogen-bond acceptors (Lipinski definition) is 2.